The molecule has 0 saturated carbocycles. The van der Waals surface area contributed by atoms with E-state index in [1.165, 1.54) is 12.1 Å². The molecule has 3 nitrogen and oxygen atoms in total. The van der Waals surface area contributed by atoms with Gasteiger partial charge in [0.2, 0.25) is 0 Å². The van der Waals surface area contributed by atoms with E-state index in [9.17, 15) is 13.6 Å². The summed E-state index contributed by atoms with van der Waals surface area (Å²) >= 11 is 0. The summed E-state index contributed by atoms with van der Waals surface area (Å²) in [5.74, 6) is -1.51. The summed E-state index contributed by atoms with van der Waals surface area (Å²) in [6.45, 7) is 4.41. The fraction of sp³-hybridized carbons (Fsp3) is 0.227. The molecule has 2 aromatic carbocycles. The summed E-state index contributed by atoms with van der Waals surface area (Å²) in [5, 5.41) is 2.90. The first-order chi connectivity index (χ1) is 13.0. The van der Waals surface area contributed by atoms with Gasteiger partial charge in [0.05, 0.1) is 16.9 Å². The zero-order chi connectivity index (χ0) is 19.4. The first-order valence-corrected chi connectivity index (χ1v) is 9.04. The van der Waals surface area contributed by atoms with Crippen molar-refractivity contribution in [1.82, 2.24) is 9.88 Å². The normalized spacial score (nSPS) is 10.8. The number of aromatic nitrogens is 1. The zero-order valence-corrected chi connectivity index (χ0v) is 15.4. The molecule has 1 heterocycles. The minimum atomic E-state index is -0.677. The van der Waals surface area contributed by atoms with Gasteiger partial charge < -0.3 is 9.88 Å². The molecule has 1 amide bonds. The average molecular weight is 368 g/mol. The van der Waals surface area contributed by atoms with Crippen molar-refractivity contribution in [3.8, 4) is 16.9 Å². The van der Waals surface area contributed by atoms with Crippen LogP contribution in [0.4, 0.5) is 8.78 Å². The third kappa shape index (κ3) is 3.92. The van der Waals surface area contributed by atoms with Crippen LogP contribution in [0.25, 0.3) is 16.9 Å². The number of carbonyl (C=O) groups is 1. The number of nitrogens with one attached hydrogen (secondary N) is 1. The molecule has 0 atom stereocenters. The fourth-order valence-corrected chi connectivity index (χ4v) is 3.11. The summed E-state index contributed by atoms with van der Waals surface area (Å²) in [7, 11) is 0. The van der Waals surface area contributed by atoms with Crippen LogP contribution >= 0.6 is 0 Å². The molecule has 0 aliphatic rings. The van der Waals surface area contributed by atoms with E-state index in [0.29, 0.717) is 23.5 Å². The summed E-state index contributed by atoms with van der Waals surface area (Å²) in [6, 6.07) is 14.7. The van der Waals surface area contributed by atoms with Crippen LogP contribution in [0.15, 0.2) is 54.6 Å². The topological polar surface area (TPSA) is 34.0 Å². The molecule has 3 aromatic rings. The number of nitrogens with zero attached hydrogens (tertiary/aromatic N) is 1. The third-order valence-corrected chi connectivity index (χ3v) is 4.53. The van der Waals surface area contributed by atoms with E-state index in [1.807, 2.05) is 30.3 Å². The van der Waals surface area contributed by atoms with Crippen molar-refractivity contribution in [3.05, 3.63) is 77.5 Å². The highest BCUT2D eigenvalue weighted by Gasteiger charge is 2.21. The molecule has 27 heavy (non-hydrogen) atoms. The van der Waals surface area contributed by atoms with Crippen molar-refractivity contribution >= 4 is 5.91 Å². The van der Waals surface area contributed by atoms with E-state index < -0.39 is 11.6 Å². The predicted octanol–water partition coefficient (Wildman–Crippen LogP) is 5.26. The number of amides is 1. The Labute approximate surface area is 157 Å². The number of hydrogen-bond donors (Lipinski definition) is 1. The minimum Gasteiger partial charge on any atom is -0.352 e. The Morgan fingerprint density at radius 2 is 1.81 bits per heavy atom. The molecule has 1 N–H and O–H groups in total. The SMILES string of the molecule is CCCCNC(=O)c1cc(-c2ccccc2)n(-c2ccc(F)cc2F)c1C. The highest BCUT2D eigenvalue weighted by atomic mass is 19.1. The molecule has 0 aliphatic carbocycles. The predicted molar refractivity (Wildman–Crippen MR) is 103 cm³/mol. The Morgan fingerprint density at radius 1 is 1.07 bits per heavy atom. The van der Waals surface area contributed by atoms with Gasteiger partial charge in [0, 0.05) is 18.3 Å². The first kappa shape index (κ1) is 18.8. The maximum atomic E-state index is 14.5. The molecule has 3 rings (SSSR count). The van der Waals surface area contributed by atoms with Crippen LogP contribution in [0.3, 0.4) is 0 Å². The second-order valence-electron chi connectivity index (χ2n) is 6.44. The molecule has 0 unspecified atom stereocenters. The van der Waals surface area contributed by atoms with Gasteiger partial charge >= 0.3 is 0 Å². The van der Waals surface area contributed by atoms with Crippen molar-refractivity contribution in [1.29, 1.82) is 0 Å². The van der Waals surface area contributed by atoms with Crippen LogP contribution in [0.1, 0.15) is 35.8 Å². The molecule has 0 fully saturated rings. The van der Waals surface area contributed by atoms with Gasteiger partial charge in [-0.05, 0) is 37.1 Å². The lowest BCUT2D eigenvalue weighted by Gasteiger charge is -2.13. The quantitative estimate of drug-likeness (QED) is 0.592. The van der Waals surface area contributed by atoms with Crippen molar-refractivity contribution in [2.45, 2.75) is 26.7 Å². The molecule has 0 bridgehead atoms. The van der Waals surface area contributed by atoms with Crippen molar-refractivity contribution in [2.75, 3.05) is 6.54 Å². The van der Waals surface area contributed by atoms with Gasteiger partial charge in [-0.3, -0.25) is 4.79 Å². The Hall–Kier alpha value is -2.95. The average Bonchev–Trinajstić information content (AvgIpc) is 3.00. The summed E-state index contributed by atoms with van der Waals surface area (Å²) in [5.41, 5.74) is 2.82. The number of carbonyl (C=O) groups excluding carboxylic acids is 1. The number of halogens is 2. The molecule has 0 spiro atoms. The van der Waals surface area contributed by atoms with E-state index in [2.05, 4.69) is 12.2 Å². The lowest BCUT2D eigenvalue weighted by molar-refractivity contribution is 0.0952. The van der Waals surface area contributed by atoms with E-state index in [4.69, 9.17) is 0 Å². The number of unbranched alkanes of at least 4 members (excludes halogenated alkanes) is 1. The second kappa shape index (κ2) is 8.16. The van der Waals surface area contributed by atoms with Crippen LogP contribution in [-0.4, -0.2) is 17.0 Å². The number of benzene rings is 2. The van der Waals surface area contributed by atoms with Crippen LogP contribution in [0.2, 0.25) is 0 Å². The van der Waals surface area contributed by atoms with E-state index in [0.717, 1.165) is 24.5 Å². The van der Waals surface area contributed by atoms with Gasteiger partial charge in [-0.2, -0.15) is 0 Å². The largest absolute Gasteiger partial charge is 0.352 e. The van der Waals surface area contributed by atoms with Crippen LogP contribution in [0, 0.1) is 18.6 Å². The molecular formula is C22H22F2N2O. The van der Waals surface area contributed by atoms with Gasteiger partial charge in [0.1, 0.15) is 11.6 Å². The monoisotopic (exact) mass is 368 g/mol. The lowest BCUT2D eigenvalue weighted by atomic mass is 10.1. The Balaban J connectivity index is 2.14. The van der Waals surface area contributed by atoms with Gasteiger partial charge in [-0.25, -0.2) is 8.78 Å². The van der Waals surface area contributed by atoms with Gasteiger partial charge in [0.15, 0.2) is 0 Å². The van der Waals surface area contributed by atoms with E-state index >= 15 is 0 Å². The molecule has 5 heteroatoms. The Bertz CT molecular complexity index is 948. The highest BCUT2D eigenvalue weighted by molar-refractivity contribution is 5.97. The van der Waals surface area contributed by atoms with Crippen molar-refractivity contribution in [2.24, 2.45) is 0 Å². The first-order valence-electron chi connectivity index (χ1n) is 9.04. The van der Waals surface area contributed by atoms with Crippen LogP contribution < -0.4 is 5.32 Å². The van der Waals surface area contributed by atoms with Crippen LogP contribution in [0.5, 0.6) is 0 Å². The summed E-state index contributed by atoms with van der Waals surface area (Å²) in [4.78, 5) is 12.6. The van der Waals surface area contributed by atoms with Gasteiger partial charge in [-0.1, -0.05) is 43.7 Å². The number of hydrogen-bond acceptors (Lipinski definition) is 1. The minimum absolute atomic E-state index is 0.195. The zero-order valence-electron chi connectivity index (χ0n) is 15.4. The van der Waals surface area contributed by atoms with Crippen molar-refractivity contribution in [3.63, 3.8) is 0 Å². The highest BCUT2D eigenvalue weighted by Crippen LogP contribution is 2.30. The molecule has 0 radical (unpaired) electrons. The smallest absolute Gasteiger partial charge is 0.253 e. The van der Waals surface area contributed by atoms with E-state index in [1.54, 1.807) is 17.6 Å². The van der Waals surface area contributed by atoms with Gasteiger partial charge in [0.25, 0.3) is 5.91 Å². The van der Waals surface area contributed by atoms with Crippen molar-refractivity contribution < 1.29 is 13.6 Å². The standard InChI is InChI=1S/C22H22F2N2O/c1-3-4-12-25-22(27)18-14-21(16-8-6-5-7-9-16)26(15(18)2)20-11-10-17(23)13-19(20)24/h5-11,13-14H,3-4,12H2,1-2H3,(H,25,27). The molecule has 1 aromatic heterocycles. The fourth-order valence-electron chi connectivity index (χ4n) is 3.11. The maximum Gasteiger partial charge on any atom is 0.253 e. The lowest BCUT2D eigenvalue weighted by Crippen LogP contribution is -2.24. The summed E-state index contributed by atoms with van der Waals surface area (Å²) in [6.07, 6.45) is 1.87. The van der Waals surface area contributed by atoms with E-state index in [-0.39, 0.29) is 11.6 Å². The molecule has 140 valence electrons. The Morgan fingerprint density at radius 3 is 2.48 bits per heavy atom. The third-order valence-electron chi connectivity index (χ3n) is 4.53. The second-order valence-corrected chi connectivity index (χ2v) is 6.44. The molecular weight excluding hydrogens is 346 g/mol. The molecule has 0 aliphatic heterocycles. The van der Waals surface area contributed by atoms with Gasteiger partial charge in [-0.15, -0.1) is 0 Å². The summed E-state index contributed by atoms with van der Waals surface area (Å²) < 4.78 is 29.6. The molecule has 0 saturated heterocycles. The Kier molecular flexibility index (Phi) is 5.69. The van der Waals surface area contributed by atoms with Crippen LogP contribution in [-0.2, 0) is 0 Å². The maximum absolute atomic E-state index is 14.5. The number of rotatable bonds is 6.